The quantitative estimate of drug-likeness (QED) is 0.712. The lowest BCUT2D eigenvalue weighted by Crippen LogP contribution is -2.28. The molecule has 0 aliphatic carbocycles. The number of benzene rings is 1. The monoisotopic (exact) mass is 221 g/mol. The highest BCUT2D eigenvalue weighted by molar-refractivity contribution is 5.74. The van der Waals surface area contributed by atoms with Crippen LogP contribution in [0.25, 0.3) is 0 Å². The summed E-state index contributed by atoms with van der Waals surface area (Å²) < 4.78 is 0. The lowest BCUT2D eigenvalue weighted by atomic mass is 10.2. The van der Waals surface area contributed by atoms with Crippen LogP contribution in [-0.2, 0) is 4.79 Å². The first kappa shape index (κ1) is 12.4. The van der Waals surface area contributed by atoms with Gasteiger partial charge in [0.2, 0.25) is 5.91 Å². The van der Waals surface area contributed by atoms with E-state index >= 15 is 0 Å². The predicted octanol–water partition coefficient (Wildman–Crippen LogP) is 1.36. The van der Waals surface area contributed by atoms with Crippen LogP contribution >= 0.6 is 0 Å². The minimum atomic E-state index is -0.273. The second-order valence-electron chi connectivity index (χ2n) is 3.80. The number of nitrogen functional groups attached to an aromatic ring is 1. The summed E-state index contributed by atoms with van der Waals surface area (Å²) >= 11 is 0. The largest absolute Gasteiger partial charge is 0.399 e. The van der Waals surface area contributed by atoms with Gasteiger partial charge >= 0.3 is 0 Å². The van der Waals surface area contributed by atoms with Gasteiger partial charge in [0, 0.05) is 30.9 Å². The number of nitrogens with two attached hydrogens (primary N) is 2. The summed E-state index contributed by atoms with van der Waals surface area (Å²) in [5, 5.41) is 0. The number of carbonyl (C=O) groups is 1. The van der Waals surface area contributed by atoms with Gasteiger partial charge in [-0.15, -0.1) is 0 Å². The summed E-state index contributed by atoms with van der Waals surface area (Å²) in [6.45, 7) is 3.65. The standard InChI is InChI=1S/C12H19N3O/c1-2-7-15(8-6-12(14)16)11-5-3-4-10(13)9-11/h3-5,9H,2,6-8,13H2,1H3,(H2,14,16). The van der Waals surface area contributed by atoms with Crippen LogP contribution in [0.4, 0.5) is 11.4 Å². The molecule has 1 rings (SSSR count). The number of anilines is 2. The Balaban J connectivity index is 2.72. The summed E-state index contributed by atoms with van der Waals surface area (Å²) in [5.41, 5.74) is 12.7. The van der Waals surface area contributed by atoms with E-state index in [-0.39, 0.29) is 5.91 Å². The third kappa shape index (κ3) is 3.81. The average Bonchev–Trinajstić information content (AvgIpc) is 2.24. The van der Waals surface area contributed by atoms with E-state index in [0.29, 0.717) is 13.0 Å². The molecular formula is C12H19N3O. The topological polar surface area (TPSA) is 72.3 Å². The van der Waals surface area contributed by atoms with Crippen molar-refractivity contribution in [2.45, 2.75) is 19.8 Å². The van der Waals surface area contributed by atoms with E-state index in [9.17, 15) is 4.79 Å². The van der Waals surface area contributed by atoms with Gasteiger partial charge in [-0.1, -0.05) is 13.0 Å². The van der Waals surface area contributed by atoms with Crippen LogP contribution in [-0.4, -0.2) is 19.0 Å². The van der Waals surface area contributed by atoms with Gasteiger partial charge < -0.3 is 16.4 Å². The molecule has 4 N–H and O–H groups in total. The van der Waals surface area contributed by atoms with Crippen molar-refractivity contribution >= 4 is 17.3 Å². The van der Waals surface area contributed by atoms with Crippen molar-refractivity contribution in [3.63, 3.8) is 0 Å². The molecule has 0 unspecified atom stereocenters. The molecule has 0 heterocycles. The average molecular weight is 221 g/mol. The highest BCUT2D eigenvalue weighted by Gasteiger charge is 2.06. The second-order valence-corrected chi connectivity index (χ2v) is 3.80. The summed E-state index contributed by atoms with van der Waals surface area (Å²) in [5.74, 6) is -0.273. The van der Waals surface area contributed by atoms with Crippen LogP contribution < -0.4 is 16.4 Å². The third-order valence-electron chi connectivity index (χ3n) is 2.36. The van der Waals surface area contributed by atoms with Gasteiger partial charge in [-0.3, -0.25) is 4.79 Å². The summed E-state index contributed by atoms with van der Waals surface area (Å²) in [6, 6.07) is 7.67. The van der Waals surface area contributed by atoms with E-state index in [4.69, 9.17) is 11.5 Å². The first-order chi connectivity index (χ1) is 7.63. The van der Waals surface area contributed by atoms with Crippen molar-refractivity contribution in [2.75, 3.05) is 23.7 Å². The normalized spacial score (nSPS) is 10.1. The van der Waals surface area contributed by atoms with Crippen molar-refractivity contribution in [3.8, 4) is 0 Å². The van der Waals surface area contributed by atoms with Gasteiger partial charge in [0.05, 0.1) is 0 Å². The van der Waals surface area contributed by atoms with E-state index in [0.717, 1.165) is 24.3 Å². The van der Waals surface area contributed by atoms with E-state index in [1.807, 2.05) is 24.3 Å². The van der Waals surface area contributed by atoms with Crippen molar-refractivity contribution in [2.24, 2.45) is 5.73 Å². The maximum Gasteiger partial charge on any atom is 0.219 e. The molecule has 4 heteroatoms. The summed E-state index contributed by atoms with van der Waals surface area (Å²) in [4.78, 5) is 12.9. The number of hydrogen-bond acceptors (Lipinski definition) is 3. The molecule has 0 spiro atoms. The molecule has 1 aromatic carbocycles. The Morgan fingerprint density at radius 1 is 1.38 bits per heavy atom. The van der Waals surface area contributed by atoms with Gasteiger partial charge in [0.1, 0.15) is 0 Å². The van der Waals surface area contributed by atoms with Crippen molar-refractivity contribution in [1.82, 2.24) is 0 Å². The fourth-order valence-electron chi connectivity index (χ4n) is 1.61. The first-order valence-corrected chi connectivity index (χ1v) is 5.52. The Hall–Kier alpha value is -1.71. The van der Waals surface area contributed by atoms with Crippen LogP contribution in [0, 0.1) is 0 Å². The highest BCUT2D eigenvalue weighted by atomic mass is 16.1. The highest BCUT2D eigenvalue weighted by Crippen LogP contribution is 2.17. The Morgan fingerprint density at radius 3 is 2.69 bits per heavy atom. The Kier molecular flexibility index (Phi) is 4.64. The van der Waals surface area contributed by atoms with Crippen molar-refractivity contribution < 1.29 is 4.79 Å². The minimum absolute atomic E-state index is 0.273. The molecule has 0 saturated carbocycles. The molecule has 0 bridgehead atoms. The zero-order valence-electron chi connectivity index (χ0n) is 9.65. The fourth-order valence-corrected chi connectivity index (χ4v) is 1.61. The third-order valence-corrected chi connectivity index (χ3v) is 2.36. The minimum Gasteiger partial charge on any atom is -0.399 e. The molecule has 4 nitrogen and oxygen atoms in total. The maximum absolute atomic E-state index is 10.8. The smallest absolute Gasteiger partial charge is 0.219 e. The van der Waals surface area contributed by atoms with Crippen LogP contribution in [0.5, 0.6) is 0 Å². The molecule has 0 radical (unpaired) electrons. The zero-order valence-corrected chi connectivity index (χ0v) is 9.65. The molecule has 0 atom stereocenters. The summed E-state index contributed by atoms with van der Waals surface area (Å²) in [7, 11) is 0. The van der Waals surface area contributed by atoms with Gasteiger partial charge in [0.25, 0.3) is 0 Å². The molecule has 1 amide bonds. The molecule has 0 saturated heterocycles. The van der Waals surface area contributed by atoms with E-state index in [1.165, 1.54) is 0 Å². The van der Waals surface area contributed by atoms with E-state index in [2.05, 4.69) is 11.8 Å². The number of nitrogens with zero attached hydrogens (tertiary/aromatic N) is 1. The molecule has 0 fully saturated rings. The molecule has 88 valence electrons. The zero-order chi connectivity index (χ0) is 12.0. The molecule has 0 aliphatic heterocycles. The Morgan fingerprint density at radius 2 is 2.12 bits per heavy atom. The SMILES string of the molecule is CCCN(CCC(N)=O)c1cccc(N)c1. The van der Waals surface area contributed by atoms with Gasteiger partial charge in [-0.05, 0) is 24.6 Å². The van der Waals surface area contributed by atoms with Crippen molar-refractivity contribution in [1.29, 1.82) is 0 Å². The number of rotatable bonds is 6. The fraction of sp³-hybridized carbons (Fsp3) is 0.417. The number of hydrogen-bond donors (Lipinski definition) is 2. The van der Waals surface area contributed by atoms with Gasteiger partial charge in [-0.25, -0.2) is 0 Å². The number of amides is 1. The van der Waals surface area contributed by atoms with Gasteiger partial charge in [0.15, 0.2) is 0 Å². The second kappa shape index (κ2) is 6.00. The lowest BCUT2D eigenvalue weighted by molar-refractivity contribution is -0.117. The molecule has 0 aliphatic rings. The van der Waals surface area contributed by atoms with Crippen LogP contribution in [0.2, 0.25) is 0 Å². The predicted molar refractivity (Wildman–Crippen MR) is 67.2 cm³/mol. The Bertz CT molecular complexity index is 352. The Labute approximate surface area is 96.2 Å². The van der Waals surface area contributed by atoms with E-state index in [1.54, 1.807) is 0 Å². The van der Waals surface area contributed by atoms with Crippen LogP contribution in [0.15, 0.2) is 24.3 Å². The van der Waals surface area contributed by atoms with E-state index < -0.39 is 0 Å². The van der Waals surface area contributed by atoms with Crippen molar-refractivity contribution in [3.05, 3.63) is 24.3 Å². The molecule has 16 heavy (non-hydrogen) atoms. The number of carbonyl (C=O) groups excluding carboxylic acids is 1. The van der Waals surface area contributed by atoms with Gasteiger partial charge in [-0.2, -0.15) is 0 Å². The number of primary amides is 1. The maximum atomic E-state index is 10.8. The molecular weight excluding hydrogens is 202 g/mol. The summed E-state index contributed by atoms with van der Waals surface area (Å²) in [6.07, 6.45) is 1.39. The lowest BCUT2D eigenvalue weighted by Gasteiger charge is -2.24. The van der Waals surface area contributed by atoms with Crippen LogP contribution in [0.3, 0.4) is 0 Å². The molecule has 1 aromatic rings. The first-order valence-electron chi connectivity index (χ1n) is 5.52. The molecule has 0 aromatic heterocycles. The van der Waals surface area contributed by atoms with Crippen LogP contribution in [0.1, 0.15) is 19.8 Å².